The fraction of sp³-hybridized carbons (Fsp3) is 0.286. The molecule has 0 radical (unpaired) electrons. The fourth-order valence-corrected chi connectivity index (χ4v) is 1.90. The summed E-state index contributed by atoms with van der Waals surface area (Å²) in [6, 6.07) is 6.97. The Morgan fingerprint density at radius 2 is 2.00 bits per heavy atom. The second kappa shape index (κ2) is 5.75. The fourth-order valence-electron chi connectivity index (χ4n) is 1.90. The molecule has 6 heteroatoms. The van der Waals surface area contributed by atoms with E-state index >= 15 is 0 Å². The van der Waals surface area contributed by atoms with E-state index < -0.39 is 5.97 Å². The molecule has 0 fully saturated rings. The molecule has 6 nitrogen and oxygen atoms in total. The van der Waals surface area contributed by atoms with Crippen molar-refractivity contribution >= 4 is 22.8 Å². The van der Waals surface area contributed by atoms with Crippen LogP contribution in [0.5, 0.6) is 0 Å². The Labute approximate surface area is 116 Å². The van der Waals surface area contributed by atoms with Crippen LogP contribution in [0.4, 0.5) is 0 Å². The number of amides is 1. The summed E-state index contributed by atoms with van der Waals surface area (Å²) < 4.78 is 5.53. The van der Waals surface area contributed by atoms with Crippen LogP contribution in [0, 0.1) is 0 Å². The minimum Gasteiger partial charge on any atom is -0.478 e. The number of furan rings is 1. The molecule has 0 aliphatic rings. The van der Waals surface area contributed by atoms with Gasteiger partial charge in [0.1, 0.15) is 16.9 Å². The number of nitrogens with one attached hydrogen (secondary N) is 1. The first-order valence-electron chi connectivity index (χ1n) is 6.15. The Kier molecular flexibility index (Phi) is 4.05. The number of carbonyl (C=O) groups is 2. The van der Waals surface area contributed by atoms with Crippen molar-refractivity contribution < 1.29 is 19.1 Å². The average Bonchev–Trinajstić information content (AvgIpc) is 2.76. The summed E-state index contributed by atoms with van der Waals surface area (Å²) in [7, 11) is 3.32. The van der Waals surface area contributed by atoms with Gasteiger partial charge in [0, 0.05) is 19.5 Å². The standard InChI is InChI=1S/C14H16N2O4/c1-16(2)12(17)8-15-7-11-13(14(18)19)9-5-3-4-6-10(9)20-11/h3-6,15H,7-8H2,1-2H3,(H,18,19). The van der Waals surface area contributed by atoms with Crippen molar-refractivity contribution in [1.29, 1.82) is 0 Å². The third kappa shape index (κ3) is 2.80. The van der Waals surface area contributed by atoms with Crippen LogP contribution in [0.2, 0.25) is 0 Å². The number of hydrogen-bond donors (Lipinski definition) is 2. The van der Waals surface area contributed by atoms with E-state index in [4.69, 9.17) is 4.42 Å². The topological polar surface area (TPSA) is 82.8 Å². The number of nitrogens with zero attached hydrogens (tertiary/aromatic N) is 1. The highest BCUT2D eigenvalue weighted by molar-refractivity contribution is 6.03. The third-order valence-corrected chi connectivity index (χ3v) is 2.94. The molecule has 1 aromatic carbocycles. The highest BCUT2D eigenvalue weighted by Gasteiger charge is 2.19. The van der Waals surface area contributed by atoms with Crippen LogP contribution in [-0.4, -0.2) is 42.5 Å². The number of likely N-dealkylation sites (N-methyl/N-ethyl adjacent to an activating group) is 1. The van der Waals surface area contributed by atoms with Gasteiger partial charge in [0.15, 0.2) is 0 Å². The van der Waals surface area contributed by atoms with E-state index in [-0.39, 0.29) is 24.6 Å². The lowest BCUT2D eigenvalue weighted by molar-refractivity contribution is -0.127. The van der Waals surface area contributed by atoms with Crippen molar-refractivity contribution in [1.82, 2.24) is 10.2 Å². The maximum atomic E-state index is 11.4. The summed E-state index contributed by atoms with van der Waals surface area (Å²) in [5, 5.41) is 12.7. The van der Waals surface area contributed by atoms with Gasteiger partial charge in [0.2, 0.25) is 5.91 Å². The number of aromatic carboxylic acids is 1. The maximum absolute atomic E-state index is 11.4. The van der Waals surface area contributed by atoms with Gasteiger partial charge in [-0.3, -0.25) is 4.79 Å². The van der Waals surface area contributed by atoms with E-state index in [0.717, 1.165) is 0 Å². The Hall–Kier alpha value is -2.34. The van der Waals surface area contributed by atoms with E-state index in [9.17, 15) is 14.7 Å². The molecule has 0 atom stereocenters. The number of benzene rings is 1. The molecule has 0 spiro atoms. The monoisotopic (exact) mass is 276 g/mol. The Morgan fingerprint density at radius 1 is 1.30 bits per heavy atom. The zero-order chi connectivity index (χ0) is 14.7. The van der Waals surface area contributed by atoms with E-state index in [1.807, 2.05) is 0 Å². The van der Waals surface area contributed by atoms with Gasteiger partial charge in [0.25, 0.3) is 0 Å². The molecule has 106 valence electrons. The SMILES string of the molecule is CN(C)C(=O)CNCc1oc2ccccc2c1C(=O)O. The smallest absolute Gasteiger partial charge is 0.339 e. The largest absolute Gasteiger partial charge is 0.478 e. The number of carboxylic acids is 1. The molecule has 0 aliphatic heterocycles. The van der Waals surface area contributed by atoms with Crippen molar-refractivity contribution in [3.8, 4) is 0 Å². The molecule has 2 N–H and O–H groups in total. The maximum Gasteiger partial charge on any atom is 0.339 e. The summed E-state index contributed by atoms with van der Waals surface area (Å²) in [5.41, 5.74) is 0.672. The van der Waals surface area contributed by atoms with Gasteiger partial charge in [0.05, 0.1) is 13.1 Å². The van der Waals surface area contributed by atoms with Gasteiger partial charge in [-0.1, -0.05) is 18.2 Å². The molecule has 0 saturated carbocycles. The summed E-state index contributed by atoms with van der Waals surface area (Å²) >= 11 is 0. The molecular formula is C14H16N2O4. The highest BCUT2D eigenvalue weighted by atomic mass is 16.4. The van der Waals surface area contributed by atoms with Crippen LogP contribution in [-0.2, 0) is 11.3 Å². The van der Waals surface area contributed by atoms with E-state index in [2.05, 4.69) is 5.32 Å². The van der Waals surface area contributed by atoms with E-state index in [1.165, 1.54) is 4.90 Å². The number of hydrogen-bond acceptors (Lipinski definition) is 4. The Balaban J connectivity index is 2.19. The molecule has 0 aliphatic carbocycles. The molecule has 1 heterocycles. The van der Waals surface area contributed by atoms with Gasteiger partial charge in [-0.25, -0.2) is 4.79 Å². The first-order valence-corrected chi connectivity index (χ1v) is 6.15. The van der Waals surface area contributed by atoms with E-state index in [1.54, 1.807) is 38.4 Å². The van der Waals surface area contributed by atoms with Gasteiger partial charge < -0.3 is 19.7 Å². The predicted octanol–water partition coefficient (Wildman–Crippen LogP) is 1.31. The van der Waals surface area contributed by atoms with Crippen LogP contribution < -0.4 is 5.32 Å². The molecule has 2 aromatic rings. The lowest BCUT2D eigenvalue weighted by Crippen LogP contribution is -2.32. The van der Waals surface area contributed by atoms with Crippen molar-refractivity contribution in [2.45, 2.75) is 6.54 Å². The van der Waals surface area contributed by atoms with Gasteiger partial charge >= 0.3 is 5.97 Å². The number of rotatable bonds is 5. The average molecular weight is 276 g/mol. The summed E-state index contributed by atoms with van der Waals surface area (Å²) in [5.74, 6) is -0.797. The van der Waals surface area contributed by atoms with Gasteiger partial charge in [-0.05, 0) is 6.07 Å². The van der Waals surface area contributed by atoms with Crippen LogP contribution >= 0.6 is 0 Å². The number of para-hydroxylation sites is 1. The molecule has 0 saturated heterocycles. The first kappa shape index (κ1) is 14.1. The zero-order valence-electron chi connectivity index (χ0n) is 11.3. The van der Waals surface area contributed by atoms with Crippen LogP contribution in [0.1, 0.15) is 16.1 Å². The zero-order valence-corrected chi connectivity index (χ0v) is 11.3. The molecule has 1 amide bonds. The normalized spacial score (nSPS) is 10.7. The van der Waals surface area contributed by atoms with E-state index in [0.29, 0.717) is 16.7 Å². The lowest BCUT2D eigenvalue weighted by atomic mass is 10.1. The van der Waals surface area contributed by atoms with Crippen molar-refractivity contribution in [3.63, 3.8) is 0 Å². The Bertz CT molecular complexity index is 646. The summed E-state index contributed by atoms with van der Waals surface area (Å²) in [6.07, 6.45) is 0. The molecular weight excluding hydrogens is 260 g/mol. The van der Waals surface area contributed by atoms with Gasteiger partial charge in [-0.15, -0.1) is 0 Å². The van der Waals surface area contributed by atoms with Crippen LogP contribution in [0.3, 0.4) is 0 Å². The molecule has 1 aromatic heterocycles. The molecule has 2 rings (SSSR count). The summed E-state index contributed by atoms with van der Waals surface area (Å²) in [4.78, 5) is 24.2. The second-order valence-corrected chi connectivity index (χ2v) is 4.59. The lowest BCUT2D eigenvalue weighted by Gasteiger charge is -2.10. The second-order valence-electron chi connectivity index (χ2n) is 4.59. The first-order chi connectivity index (χ1) is 9.50. The van der Waals surface area contributed by atoms with Crippen LogP contribution in [0.25, 0.3) is 11.0 Å². The predicted molar refractivity (Wildman–Crippen MR) is 73.6 cm³/mol. The molecule has 20 heavy (non-hydrogen) atoms. The van der Waals surface area contributed by atoms with Crippen molar-refractivity contribution in [2.75, 3.05) is 20.6 Å². The molecule has 0 bridgehead atoms. The number of carbonyl (C=O) groups excluding carboxylic acids is 1. The third-order valence-electron chi connectivity index (χ3n) is 2.94. The number of fused-ring (bicyclic) bond motifs is 1. The van der Waals surface area contributed by atoms with Crippen LogP contribution in [0.15, 0.2) is 28.7 Å². The Morgan fingerprint density at radius 3 is 2.65 bits per heavy atom. The van der Waals surface area contributed by atoms with Crippen molar-refractivity contribution in [2.24, 2.45) is 0 Å². The quantitative estimate of drug-likeness (QED) is 0.860. The van der Waals surface area contributed by atoms with Gasteiger partial charge in [-0.2, -0.15) is 0 Å². The minimum absolute atomic E-state index is 0.0852. The minimum atomic E-state index is -1.04. The summed E-state index contributed by atoms with van der Waals surface area (Å²) in [6.45, 7) is 0.318. The highest BCUT2D eigenvalue weighted by Crippen LogP contribution is 2.25. The van der Waals surface area contributed by atoms with Crippen molar-refractivity contribution in [3.05, 3.63) is 35.6 Å². The molecule has 0 unspecified atom stereocenters. The number of carboxylic acid groups (broad SMARTS) is 1.